The van der Waals surface area contributed by atoms with E-state index in [0.29, 0.717) is 27.8 Å². The van der Waals surface area contributed by atoms with Crippen molar-refractivity contribution in [3.63, 3.8) is 0 Å². The molecule has 19 heavy (non-hydrogen) atoms. The number of benzene rings is 2. The normalized spacial score (nSPS) is 17.8. The lowest BCUT2D eigenvalue weighted by molar-refractivity contribution is 0.0850. The van der Waals surface area contributed by atoms with Crippen LogP contribution in [0.2, 0.25) is 10.0 Å². The molecule has 0 aliphatic carbocycles. The predicted molar refractivity (Wildman–Crippen MR) is 75.2 cm³/mol. The Hall–Kier alpha value is -1.51. The van der Waals surface area contributed by atoms with Crippen LogP contribution >= 0.6 is 23.2 Å². The first-order valence-electron chi connectivity index (χ1n) is 5.88. The Morgan fingerprint density at radius 2 is 1.68 bits per heavy atom. The van der Waals surface area contributed by atoms with E-state index in [0.717, 1.165) is 5.56 Å². The van der Waals surface area contributed by atoms with E-state index in [1.54, 1.807) is 30.3 Å². The topological polar surface area (TPSA) is 26.3 Å². The summed E-state index contributed by atoms with van der Waals surface area (Å²) in [6, 6.07) is 12.4. The van der Waals surface area contributed by atoms with Crippen LogP contribution in [0.25, 0.3) is 0 Å². The monoisotopic (exact) mass is 292 g/mol. The fraction of sp³-hybridized carbons (Fsp3) is 0.133. The van der Waals surface area contributed by atoms with Crippen molar-refractivity contribution < 1.29 is 9.53 Å². The van der Waals surface area contributed by atoms with Gasteiger partial charge in [-0.1, -0.05) is 35.3 Å². The number of Topliss-reactive ketones (excluding diaryl/α,β-unsaturated/α-hetero) is 1. The number of carbonyl (C=O) groups is 1. The standard InChI is InChI=1S/C15H10Cl2O2/c16-10-3-1-9(2-4-10)15-8-13(18)12-7-11(17)5-6-14(12)19-15/h1-7,15H,8H2/t15-/m0/s1. The molecule has 0 amide bonds. The summed E-state index contributed by atoms with van der Waals surface area (Å²) in [4.78, 5) is 12.1. The molecule has 0 fully saturated rings. The largest absolute Gasteiger partial charge is 0.484 e. The van der Waals surface area contributed by atoms with Gasteiger partial charge in [0.1, 0.15) is 11.9 Å². The summed E-state index contributed by atoms with van der Waals surface area (Å²) >= 11 is 11.7. The second kappa shape index (κ2) is 4.87. The zero-order valence-electron chi connectivity index (χ0n) is 9.90. The number of hydrogen-bond acceptors (Lipinski definition) is 2. The smallest absolute Gasteiger partial charge is 0.170 e. The molecule has 0 spiro atoms. The summed E-state index contributed by atoms with van der Waals surface area (Å²) in [5, 5.41) is 1.21. The highest BCUT2D eigenvalue weighted by atomic mass is 35.5. The quantitative estimate of drug-likeness (QED) is 0.761. The van der Waals surface area contributed by atoms with Gasteiger partial charge in [0, 0.05) is 10.0 Å². The molecule has 0 bridgehead atoms. The summed E-state index contributed by atoms with van der Waals surface area (Å²) in [5.74, 6) is 0.629. The molecule has 96 valence electrons. The molecular formula is C15H10Cl2O2. The number of ketones is 1. The molecule has 0 radical (unpaired) electrons. The van der Waals surface area contributed by atoms with E-state index >= 15 is 0 Å². The van der Waals surface area contributed by atoms with Crippen molar-refractivity contribution in [1.82, 2.24) is 0 Å². The minimum Gasteiger partial charge on any atom is -0.484 e. The highest BCUT2D eigenvalue weighted by Crippen LogP contribution is 2.36. The number of rotatable bonds is 1. The van der Waals surface area contributed by atoms with Gasteiger partial charge in [-0.15, -0.1) is 0 Å². The summed E-state index contributed by atoms with van der Waals surface area (Å²) < 4.78 is 5.86. The van der Waals surface area contributed by atoms with Crippen LogP contribution in [0.3, 0.4) is 0 Å². The molecule has 4 heteroatoms. The van der Waals surface area contributed by atoms with E-state index in [1.165, 1.54) is 0 Å². The van der Waals surface area contributed by atoms with Gasteiger partial charge in [-0.2, -0.15) is 0 Å². The third-order valence-corrected chi connectivity index (χ3v) is 3.61. The van der Waals surface area contributed by atoms with Crippen LogP contribution in [0.1, 0.15) is 28.4 Å². The van der Waals surface area contributed by atoms with Gasteiger partial charge >= 0.3 is 0 Å². The number of carbonyl (C=O) groups excluding carboxylic acids is 1. The van der Waals surface area contributed by atoms with Gasteiger partial charge in [0.25, 0.3) is 0 Å². The molecule has 0 saturated carbocycles. The van der Waals surface area contributed by atoms with E-state index in [4.69, 9.17) is 27.9 Å². The summed E-state index contributed by atoms with van der Waals surface area (Å²) in [5.41, 5.74) is 1.50. The maximum Gasteiger partial charge on any atom is 0.170 e. The van der Waals surface area contributed by atoms with Crippen LogP contribution < -0.4 is 4.74 Å². The average molecular weight is 293 g/mol. The Balaban J connectivity index is 1.95. The number of ether oxygens (including phenoxy) is 1. The van der Waals surface area contributed by atoms with Gasteiger partial charge in [-0.3, -0.25) is 4.79 Å². The van der Waals surface area contributed by atoms with Gasteiger partial charge in [0.15, 0.2) is 5.78 Å². The predicted octanol–water partition coefficient (Wildman–Crippen LogP) is 4.70. The van der Waals surface area contributed by atoms with Gasteiger partial charge < -0.3 is 4.74 Å². The van der Waals surface area contributed by atoms with E-state index in [-0.39, 0.29) is 11.9 Å². The molecule has 1 heterocycles. The Morgan fingerprint density at radius 3 is 2.42 bits per heavy atom. The lowest BCUT2D eigenvalue weighted by Gasteiger charge is -2.25. The maximum absolute atomic E-state index is 12.1. The van der Waals surface area contributed by atoms with Gasteiger partial charge in [0.2, 0.25) is 0 Å². The minimum absolute atomic E-state index is 0.0451. The van der Waals surface area contributed by atoms with Crippen molar-refractivity contribution in [3.8, 4) is 5.75 Å². The van der Waals surface area contributed by atoms with E-state index in [1.807, 2.05) is 12.1 Å². The molecule has 1 aliphatic heterocycles. The van der Waals surface area contributed by atoms with Gasteiger partial charge in [-0.05, 0) is 35.9 Å². The average Bonchev–Trinajstić information content (AvgIpc) is 2.40. The molecule has 1 atom stereocenters. The first-order chi connectivity index (χ1) is 9.13. The molecule has 0 unspecified atom stereocenters. The fourth-order valence-corrected chi connectivity index (χ4v) is 2.46. The number of fused-ring (bicyclic) bond motifs is 1. The Bertz CT molecular complexity index is 635. The van der Waals surface area contributed by atoms with Crippen molar-refractivity contribution in [2.24, 2.45) is 0 Å². The van der Waals surface area contributed by atoms with Crippen molar-refractivity contribution in [3.05, 3.63) is 63.6 Å². The SMILES string of the molecule is O=C1C[C@@H](c2ccc(Cl)cc2)Oc2ccc(Cl)cc21. The second-order valence-electron chi connectivity index (χ2n) is 4.43. The molecule has 2 nitrogen and oxygen atoms in total. The first-order valence-corrected chi connectivity index (χ1v) is 6.64. The van der Waals surface area contributed by atoms with Crippen LogP contribution in [-0.4, -0.2) is 5.78 Å². The zero-order chi connectivity index (χ0) is 13.4. The Morgan fingerprint density at radius 1 is 1.00 bits per heavy atom. The van der Waals surface area contributed by atoms with Crippen LogP contribution in [-0.2, 0) is 0 Å². The highest BCUT2D eigenvalue weighted by molar-refractivity contribution is 6.31. The number of hydrogen-bond donors (Lipinski definition) is 0. The third kappa shape index (κ3) is 2.46. The van der Waals surface area contributed by atoms with Crippen molar-refractivity contribution in [1.29, 1.82) is 0 Å². The fourth-order valence-electron chi connectivity index (χ4n) is 2.16. The summed E-state index contributed by atoms with van der Waals surface area (Å²) in [7, 11) is 0. The van der Waals surface area contributed by atoms with Crippen LogP contribution in [0.4, 0.5) is 0 Å². The molecule has 1 aliphatic rings. The van der Waals surface area contributed by atoms with Gasteiger partial charge in [-0.25, -0.2) is 0 Å². The van der Waals surface area contributed by atoms with Crippen LogP contribution in [0, 0.1) is 0 Å². The van der Waals surface area contributed by atoms with Crippen molar-refractivity contribution in [2.45, 2.75) is 12.5 Å². The van der Waals surface area contributed by atoms with Gasteiger partial charge in [0.05, 0.1) is 12.0 Å². The van der Waals surface area contributed by atoms with Crippen molar-refractivity contribution >= 4 is 29.0 Å². The molecule has 0 saturated heterocycles. The molecule has 2 aromatic carbocycles. The zero-order valence-corrected chi connectivity index (χ0v) is 11.4. The minimum atomic E-state index is -0.265. The maximum atomic E-state index is 12.1. The van der Waals surface area contributed by atoms with Crippen LogP contribution in [0.15, 0.2) is 42.5 Å². The lowest BCUT2D eigenvalue weighted by atomic mass is 9.96. The van der Waals surface area contributed by atoms with E-state index in [2.05, 4.69) is 0 Å². The summed E-state index contributed by atoms with van der Waals surface area (Å²) in [6.07, 6.45) is 0.0491. The molecule has 2 aromatic rings. The highest BCUT2D eigenvalue weighted by Gasteiger charge is 2.27. The molecule has 0 aromatic heterocycles. The van der Waals surface area contributed by atoms with E-state index < -0.39 is 0 Å². The van der Waals surface area contributed by atoms with Crippen molar-refractivity contribution in [2.75, 3.05) is 0 Å². The van der Waals surface area contributed by atoms with E-state index in [9.17, 15) is 4.79 Å². The molecule has 0 N–H and O–H groups in total. The summed E-state index contributed by atoms with van der Waals surface area (Å²) in [6.45, 7) is 0. The lowest BCUT2D eigenvalue weighted by Crippen LogP contribution is -2.20. The van der Waals surface area contributed by atoms with Crippen LogP contribution in [0.5, 0.6) is 5.75 Å². The molecule has 3 rings (SSSR count). The Kier molecular flexibility index (Phi) is 3.21. The Labute approximate surface area is 120 Å². The first kappa shape index (κ1) is 12.5. The third-order valence-electron chi connectivity index (χ3n) is 3.12. The molecular weight excluding hydrogens is 283 g/mol. The second-order valence-corrected chi connectivity index (χ2v) is 5.30. The number of halogens is 2.